The lowest BCUT2D eigenvalue weighted by molar-refractivity contribution is -0.137. The average Bonchev–Trinajstić information content (AvgIpc) is 3.26. The summed E-state index contributed by atoms with van der Waals surface area (Å²) in [5, 5.41) is 10.7. The van der Waals surface area contributed by atoms with E-state index in [-0.39, 0.29) is 24.4 Å². The van der Waals surface area contributed by atoms with Crippen LogP contribution < -0.4 is 21.3 Å². The molecule has 2 aromatic carbocycles. The molecule has 31 heavy (non-hydrogen) atoms. The fraction of sp³-hybridized carbons (Fsp3) is 0.333. The summed E-state index contributed by atoms with van der Waals surface area (Å²) in [7, 11) is 0. The van der Waals surface area contributed by atoms with Gasteiger partial charge in [0.05, 0.1) is 18.2 Å². The molecule has 0 bridgehead atoms. The molecule has 4 N–H and O–H groups in total. The number of ether oxygens (including phenoxy) is 1. The summed E-state index contributed by atoms with van der Waals surface area (Å²) in [6.45, 7) is 0.961. The molecular formula is C21H23F3N4O3. The topological polar surface area (TPSA) is 91.5 Å². The Kier molecular flexibility index (Phi) is 7.35. The molecule has 0 spiro atoms. The van der Waals surface area contributed by atoms with Gasteiger partial charge in [0.25, 0.3) is 0 Å². The molecule has 1 heterocycles. The van der Waals surface area contributed by atoms with Gasteiger partial charge in [0.1, 0.15) is 0 Å². The monoisotopic (exact) mass is 436 g/mol. The number of nitrogens with one attached hydrogen (secondary N) is 4. The Balaban J connectivity index is 1.42. The van der Waals surface area contributed by atoms with Crippen molar-refractivity contribution in [3.05, 3.63) is 54.1 Å². The van der Waals surface area contributed by atoms with Crippen molar-refractivity contribution >= 4 is 29.0 Å². The van der Waals surface area contributed by atoms with Gasteiger partial charge in [-0.05, 0) is 55.3 Å². The van der Waals surface area contributed by atoms with Gasteiger partial charge in [0.2, 0.25) is 5.91 Å². The van der Waals surface area contributed by atoms with Crippen LogP contribution in [0, 0.1) is 0 Å². The summed E-state index contributed by atoms with van der Waals surface area (Å²) in [6, 6.07) is 10.7. The van der Waals surface area contributed by atoms with Crippen LogP contribution in [0.1, 0.15) is 18.4 Å². The van der Waals surface area contributed by atoms with Crippen LogP contribution in [-0.2, 0) is 15.7 Å². The van der Waals surface area contributed by atoms with Crippen molar-refractivity contribution < 1.29 is 27.5 Å². The molecule has 0 radical (unpaired) electrons. The van der Waals surface area contributed by atoms with Gasteiger partial charge < -0.3 is 26.0 Å². The zero-order valence-corrected chi connectivity index (χ0v) is 16.6. The smallest absolute Gasteiger partial charge is 0.376 e. The van der Waals surface area contributed by atoms with Crippen LogP contribution in [-0.4, -0.2) is 37.7 Å². The zero-order chi connectivity index (χ0) is 22.3. The van der Waals surface area contributed by atoms with E-state index in [4.69, 9.17) is 4.74 Å². The van der Waals surface area contributed by atoms with E-state index in [1.807, 2.05) is 0 Å². The van der Waals surface area contributed by atoms with Gasteiger partial charge in [0, 0.05) is 30.2 Å². The van der Waals surface area contributed by atoms with Gasteiger partial charge in [-0.2, -0.15) is 13.2 Å². The van der Waals surface area contributed by atoms with Gasteiger partial charge in [-0.1, -0.05) is 6.07 Å². The van der Waals surface area contributed by atoms with Gasteiger partial charge in [-0.15, -0.1) is 0 Å². The van der Waals surface area contributed by atoms with Crippen molar-refractivity contribution in [2.75, 3.05) is 35.6 Å². The number of hydrogen-bond acceptors (Lipinski definition) is 4. The highest BCUT2D eigenvalue weighted by atomic mass is 19.4. The number of alkyl halides is 3. The Morgan fingerprint density at radius 1 is 1.00 bits per heavy atom. The zero-order valence-electron chi connectivity index (χ0n) is 16.6. The molecule has 166 valence electrons. The molecule has 2 aromatic rings. The molecule has 1 saturated heterocycles. The van der Waals surface area contributed by atoms with Gasteiger partial charge in [-0.3, -0.25) is 4.79 Å². The lowest BCUT2D eigenvalue weighted by Gasteiger charge is -2.12. The number of carbonyl (C=O) groups is 2. The number of halogens is 3. The Hall–Kier alpha value is -3.27. The van der Waals surface area contributed by atoms with E-state index in [1.165, 1.54) is 12.1 Å². The van der Waals surface area contributed by atoms with Gasteiger partial charge in [0.15, 0.2) is 0 Å². The quantitative estimate of drug-likeness (QED) is 0.527. The van der Waals surface area contributed by atoms with E-state index >= 15 is 0 Å². The van der Waals surface area contributed by atoms with Crippen LogP contribution >= 0.6 is 0 Å². The maximum atomic E-state index is 12.7. The molecule has 1 aliphatic heterocycles. The highest BCUT2D eigenvalue weighted by Gasteiger charge is 2.30. The number of amides is 3. The molecule has 1 atom stereocenters. The number of hydrogen-bond donors (Lipinski definition) is 4. The van der Waals surface area contributed by atoms with Crippen LogP contribution in [0.5, 0.6) is 0 Å². The number of anilines is 3. The summed E-state index contributed by atoms with van der Waals surface area (Å²) >= 11 is 0. The second-order valence-electron chi connectivity index (χ2n) is 7.03. The van der Waals surface area contributed by atoms with Crippen LogP contribution in [0.4, 0.5) is 35.0 Å². The predicted octanol–water partition coefficient (Wildman–Crippen LogP) is 4.06. The fourth-order valence-corrected chi connectivity index (χ4v) is 3.02. The maximum absolute atomic E-state index is 12.7. The van der Waals surface area contributed by atoms with E-state index in [0.29, 0.717) is 17.9 Å². The lowest BCUT2D eigenvalue weighted by Crippen LogP contribution is -2.35. The standard InChI is InChI=1S/C21H23F3N4O3/c22-21(23,24)14-3-1-4-17(11-14)25-13-19(29)27-15-6-8-16(9-7-15)28-20(30)26-12-18-5-2-10-31-18/h1,3-4,6-9,11,18,25H,2,5,10,12-13H2,(H,27,29)(H2,26,28,30). The van der Waals surface area contributed by atoms with Gasteiger partial charge in [-0.25, -0.2) is 4.79 Å². The predicted molar refractivity (Wildman–Crippen MR) is 111 cm³/mol. The summed E-state index contributed by atoms with van der Waals surface area (Å²) in [5.74, 6) is -0.424. The van der Waals surface area contributed by atoms with E-state index in [0.717, 1.165) is 31.6 Å². The summed E-state index contributed by atoms with van der Waals surface area (Å²) in [5.41, 5.74) is 0.436. The minimum absolute atomic E-state index is 0.0490. The highest BCUT2D eigenvalue weighted by molar-refractivity contribution is 5.94. The van der Waals surface area contributed by atoms with Crippen molar-refractivity contribution in [2.45, 2.75) is 25.1 Å². The molecule has 7 nitrogen and oxygen atoms in total. The first-order valence-electron chi connectivity index (χ1n) is 9.77. The third-order valence-corrected chi connectivity index (χ3v) is 4.58. The lowest BCUT2D eigenvalue weighted by atomic mass is 10.2. The average molecular weight is 436 g/mol. The molecule has 0 saturated carbocycles. The van der Waals surface area contributed by atoms with Crippen LogP contribution in [0.15, 0.2) is 48.5 Å². The van der Waals surface area contributed by atoms with Crippen molar-refractivity contribution in [1.82, 2.24) is 5.32 Å². The number of benzene rings is 2. The highest BCUT2D eigenvalue weighted by Crippen LogP contribution is 2.30. The number of rotatable bonds is 7. The molecule has 1 unspecified atom stereocenters. The van der Waals surface area contributed by atoms with Crippen LogP contribution in [0.2, 0.25) is 0 Å². The summed E-state index contributed by atoms with van der Waals surface area (Å²) in [4.78, 5) is 24.0. The van der Waals surface area contributed by atoms with Crippen molar-refractivity contribution in [2.24, 2.45) is 0 Å². The largest absolute Gasteiger partial charge is 0.416 e. The first-order chi connectivity index (χ1) is 14.8. The molecule has 0 aromatic heterocycles. The third kappa shape index (κ3) is 7.18. The SMILES string of the molecule is O=C(CNc1cccc(C(F)(F)F)c1)Nc1ccc(NC(=O)NCC2CCCO2)cc1. The van der Waals surface area contributed by atoms with E-state index in [1.54, 1.807) is 24.3 Å². The van der Waals surface area contributed by atoms with Gasteiger partial charge >= 0.3 is 12.2 Å². The number of carbonyl (C=O) groups excluding carboxylic acids is 2. The molecule has 3 amide bonds. The first kappa shape index (κ1) is 22.4. The molecule has 1 fully saturated rings. The summed E-state index contributed by atoms with van der Waals surface area (Å²) in [6.07, 6.45) is -2.47. The Morgan fingerprint density at radius 3 is 2.35 bits per heavy atom. The van der Waals surface area contributed by atoms with E-state index < -0.39 is 17.6 Å². The van der Waals surface area contributed by atoms with Crippen molar-refractivity contribution in [3.63, 3.8) is 0 Å². The van der Waals surface area contributed by atoms with Crippen LogP contribution in [0.25, 0.3) is 0 Å². The second-order valence-corrected chi connectivity index (χ2v) is 7.03. The van der Waals surface area contributed by atoms with E-state index in [2.05, 4.69) is 21.3 Å². The molecule has 10 heteroatoms. The van der Waals surface area contributed by atoms with Crippen molar-refractivity contribution in [3.8, 4) is 0 Å². The fourth-order valence-electron chi connectivity index (χ4n) is 3.02. The Bertz CT molecular complexity index is 897. The van der Waals surface area contributed by atoms with Crippen molar-refractivity contribution in [1.29, 1.82) is 0 Å². The normalized spacial score (nSPS) is 15.9. The molecular weight excluding hydrogens is 413 g/mol. The number of urea groups is 1. The molecule has 0 aliphatic carbocycles. The molecule has 1 aliphatic rings. The minimum atomic E-state index is -4.45. The Labute approximate surface area is 177 Å². The van der Waals surface area contributed by atoms with E-state index in [9.17, 15) is 22.8 Å². The third-order valence-electron chi connectivity index (χ3n) is 4.58. The van der Waals surface area contributed by atoms with Crippen LogP contribution in [0.3, 0.4) is 0 Å². The first-order valence-corrected chi connectivity index (χ1v) is 9.77. The summed E-state index contributed by atoms with van der Waals surface area (Å²) < 4.78 is 43.6. The Morgan fingerprint density at radius 2 is 1.71 bits per heavy atom. The molecule has 3 rings (SSSR count). The maximum Gasteiger partial charge on any atom is 0.416 e. The minimum Gasteiger partial charge on any atom is -0.376 e. The second kappa shape index (κ2) is 10.2.